The summed E-state index contributed by atoms with van der Waals surface area (Å²) in [5.74, 6) is 0. The molecule has 1 N–H and O–H groups in total. The summed E-state index contributed by atoms with van der Waals surface area (Å²) in [7, 11) is 0. The van der Waals surface area contributed by atoms with Crippen molar-refractivity contribution in [1.29, 1.82) is 0 Å². The number of nitrogens with one attached hydrogen (secondary N) is 1. The minimum Gasteiger partial charge on any atom is -0.310 e. The zero-order valence-corrected chi connectivity index (χ0v) is 13.8. The van der Waals surface area contributed by atoms with Crippen molar-refractivity contribution in [2.45, 2.75) is 46.2 Å². The molecule has 21 heavy (non-hydrogen) atoms. The Hall–Kier alpha value is -1.32. The van der Waals surface area contributed by atoms with Crippen molar-refractivity contribution in [3.8, 4) is 0 Å². The van der Waals surface area contributed by atoms with Crippen molar-refractivity contribution in [3.05, 3.63) is 52.3 Å². The molecule has 2 rings (SSSR count). The van der Waals surface area contributed by atoms with Crippen molar-refractivity contribution < 1.29 is 0 Å². The molecule has 0 aliphatic rings. The Bertz CT molecular complexity index is 560. The van der Waals surface area contributed by atoms with Crippen LogP contribution in [0.4, 0.5) is 0 Å². The van der Waals surface area contributed by atoms with Crippen LogP contribution in [0, 0.1) is 6.92 Å². The van der Waals surface area contributed by atoms with Crippen molar-refractivity contribution in [1.82, 2.24) is 15.1 Å². The maximum absolute atomic E-state index is 6.00. The smallest absolute Gasteiger partial charge is 0.0596 e. The summed E-state index contributed by atoms with van der Waals surface area (Å²) in [4.78, 5) is 0. The van der Waals surface area contributed by atoms with Gasteiger partial charge in [0.2, 0.25) is 0 Å². The molecule has 2 aromatic rings. The molecule has 1 aromatic carbocycles. The fourth-order valence-electron chi connectivity index (χ4n) is 2.57. The number of hydrogen-bond acceptors (Lipinski definition) is 2. The molecule has 0 bridgehead atoms. The minimum absolute atomic E-state index is 0.295. The molecule has 0 saturated carbocycles. The number of nitrogens with zero attached hydrogens (tertiary/aromatic N) is 2. The molecule has 0 aliphatic heterocycles. The van der Waals surface area contributed by atoms with Crippen molar-refractivity contribution in [2.24, 2.45) is 0 Å². The molecule has 0 fully saturated rings. The first kappa shape index (κ1) is 16.1. The highest BCUT2D eigenvalue weighted by atomic mass is 35.5. The topological polar surface area (TPSA) is 29.9 Å². The Kier molecular flexibility index (Phi) is 5.83. The molecule has 114 valence electrons. The number of hydrogen-bond donors (Lipinski definition) is 1. The maximum Gasteiger partial charge on any atom is 0.0596 e. The molecule has 0 amide bonds. The number of aryl methyl sites for hydroxylation is 2. The van der Waals surface area contributed by atoms with Gasteiger partial charge in [0, 0.05) is 29.7 Å². The summed E-state index contributed by atoms with van der Waals surface area (Å²) in [6.45, 7) is 8.28. The molecule has 1 atom stereocenters. The maximum atomic E-state index is 6.00. The van der Waals surface area contributed by atoms with E-state index in [1.54, 1.807) is 0 Å². The second-order valence-electron chi connectivity index (χ2n) is 5.36. The summed E-state index contributed by atoms with van der Waals surface area (Å²) in [6, 6.07) is 10.6. The van der Waals surface area contributed by atoms with Crippen LogP contribution in [0.1, 0.15) is 43.3 Å². The highest BCUT2D eigenvalue weighted by Gasteiger charge is 2.15. The molecule has 0 aliphatic carbocycles. The lowest BCUT2D eigenvalue weighted by Crippen LogP contribution is -2.25. The van der Waals surface area contributed by atoms with Crippen molar-refractivity contribution >= 4 is 11.6 Å². The molecule has 1 unspecified atom stereocenters. The zero-order chi connectivity index (χ0) is 15.2. The van der Waals surface area contributed by atoms with Crippen LogP contribution in [-0.4, -0.2) is 16.3 Å². The fourth-order valence-corrected chi connectivity index (χ4v) is 2.69. The third-order valence-corrected chi connectivity index (χ3v) is 3.86. The van der Waals surface area contributed by atoms with Gasteiger partial charge in [0.1, 0.15) is 0 Å². The minimum atomic E-state index is 0.295. The summed E-state index contributed by atoms with van der Waals surface area (Å²) in [6.07, 6.45) is 2.06. The number of halogens is 1. The Labute approximate surface area is 132 Å². The largest absolute Gasteiger partial charge is 0.310 e. The van der Waals surface area contributed by atoms with Crippen LogP contribution in [-0.2, 0) is 13.0 Å². The van der Waals surface area contributed by atoms with E-state index in [1.165, 1.54) is 11.3 Å². The Morgan fingerprint density at radius 2 is 1.95 bits per heavy atom. The summed E-state index contributed by atoms with van der Waals surface area (Å²) < 4.78 is 2.09. The summed E-state index contributed by atoms with van der Waals surface area (Å²) in [5, 5.41) is 8.95. The predicted molar refractivity (Wildman–Crippen MR) is 88.8 cm³/mol. The van der Waals surface area contributed by atoms with E-state index in [0.717, 1.165) is 36.6 Å². The number of benzene rings is 1. The average Bonchev–Trinajstić information content (AvgIpc) is 2.84. The normalized spacial score (nSPS) is 12.6. The van der Waals surface area contributed by atoms with E-state index in [1.807, 2.05) is 19.1 Å². The summed E-state index contributed by atoms with van der Waals surface area (Å²) >= 11 is 6.00. The monoisotopic (exact) mass is 305 g/mol. The molecular formula is C17H24ClN3. The lowest BCUT2D eigenvalue weighted by molar-refractivity contribution is 0.502. The summed E-state index contributed by atoms with van der Waals surface area (Å²) in [5.41, 5.74) is 3.63. The van der Waals surface area contributed by atoms with Crippen LogP contribution in [0.3, 0.4) is 0 Å². The van der Waals surface area contributed by atoms with Crippen LogP contribution >= 0.6 is 11.6 Å². The van der Waals surface area contributed by atoms with Crippen LogP contribution in [0.5, 0.6) is 0 Å². The van der Waals surface area contributed by atoms with Gasteiger partial charge in [0.05, 0.1) is 5.69 Å². The molecule has 4 heteroatoms. The SMILES string of the molecule is CCCNC(Cc1cc(C)nn1CC)c1ccc(Cl)cc1. The standard InChI is InChI=1S/C17H24ClN3/c1-4-10-19-17(14-6-8-15(18)9-7-14)12-16-11-13(3)20-21(16)5-2/h6-9,11,17,19H,4-5,10,12H2,1-3H3. The van der Waals surface area contributed by atoms with Crippen LogP contribution < -0.4 is 5.32 Å². The lowest BCUT2D eigenvalue weighted by atomic mass is 10.0. The third-order valence-electron chi connectivity index (χ3n) is 3.61. The fraction of sp³-hybridized carbons (Fsp3) is 0.471. The molecule has 1 heterocycles. The first-order chi connectivity index (χ1) is 10.1. The van der Waals surface area contributed by atoms with Gasteiger partial charge in [-0.05, 0) is 50.6 Å². The van der Waals surface area contributed by atoms with E-state index in [2.05, 4.69) is 47.1 Å². The zero-order valence-electron chi connectivity index (χ0n) is 13.1. The Morgan fingerprint density at radius 3 is 2.57 bits per heavy atom. The van der Waals surface area contributed by atoms with Gasteiger partial charge >= 0.3 is 0 Å². The molecule has 1 aromatic heterocycles. The van der Waals surface area contributed by atoms with Crippen molar-refractivity contribution in [2.75, 3.05) is 6.54 Å². The highest BCUT2D eigenvalue weighted by molar-refractivity contribution is 6.30. The van der Waals surface area contributed by atoms with Gasteiger partial charge in [-0.15, -0.1) is 0 Å². The van der Waals surface area contributed by atoms with E-state index in [4.69, 9.17) is 11.6 Å². The Balaban J connectivity index is 2.21. The molecule has 0 saturated heterocycles. The van der Waals surface area contributed by atoms with Crippen LogP contribution in [0.15, 0.2) is 30.3 Å². The van der Waals surface area contributed by atoms with Gasteiger partial charge < -0.3 is 5.32 Å². The van der Waals surface area contributed by atoms with Gasteiger partial charge in [-0.25, -0.2) is 0 Å². The van der Waals surface area contributed by atoms with E-state index in [9.17, 15) is 0 Å². The van der Waals surface area contributed by atoms with Crippen molar-refractivity contribution in [3.63, 3.8) is 0 Å². The average molecular weight is 306 g/mol. The predicted octanol–water partition coefficient (Wildman–Crippen LogP) is 4.15. The van der Waals surface area contributed by atoms with E-state index >= 15 is 0 Å². The first-order valence-electron chi connectivity index (χ1n) is 7.66. The number of aromatic nitrogens is 2. The van der Waals surface area contributed by atoms with Gasteiger partial charge in [-0.3, -0.25) is 4.68 Å². The quantitative estimate of drug-likeness (QED) is 0.833. The Morgan fingerprint density at radius 1 is 1.24 bits per heavy atom. The van der Waals surface area contributed by atoms with E-state index < -0.39 is 0 Å². The van der Waals surface area contributed by atoms with Gasteiger partial charge in [-0.2, -0.15) is 5.10 Å². The highest BCUT2D eigenvalue weighted by Crippen LogP contribution is 2.21. The second kappa shape index (κ2) is 7.62. The number of rotatable bonds is 7. The molecule has 0 radical (unpaired) electrons. The molecular weight excluding hydrogens is 282 g/mol. The lowest BCUT2D eigenvalue weighted by Gasteiger charge is -2.19. The van der Waals surface area contributed by atoms with Gasteiger partial charge in [-0.1, -0.05) is 30.7 Å². The first-order valence-corrected chi connectivity index (χ1v) is 8.04. The molecule has 0 spiro atoms. The van der Waals surface area contributed by atoms with Crippen LogP contribution in [0.25, 0.3) is 0 Å². The third kappa shape index (κ3) is 4.32. The van der Waals surface area contributed by atoms with Gasteiger partial charge in [0.15, 0.2) is 0 Å². The van der Waals surface area contributed by atoms with Gasteiger partial charge in [0.25, 0.3) is 0 Å². The molecule has 3 nitrogen and oxygen atoms in total. The second-order valence-corrected chi connectivity index (χ2v) is 5.79. The van der Waals surface area contributed by atoms with E-state index in [-0.39, 0.29) is 0 Å². The van der Waals surface area contributed by atoms with Crippen LogP contribution in [0.2, 0.25) is 5.02 Å². The van der Waals surface area contributed by atoms with E-state index in [0.29, 0.717) is 6.04 Å².